The largest absolute Gasteiger partial charge is 0.437 e. The van der Waals surface area contributed by atoms with E-state index in [0.29, 0.717) is 16.5 Å². The lowest BCUT2D eigenvalue weighted by Gasteiger charge is -2.07. The van der Waals surface area contributed by atoms with Gasteiger partial charge in [0.15, 0.2) is 0 Å². The molecule has 0 atom stereocenters. The zero-order valence-corrected chi connectivity index (χ0v) is 13.0. The number of rotatable bonds is 4. The predicted molar refractivity (Wildman–Crippen MR) is 87.9 cm³/mol. The molecule has 1 amide bonds. The van der Waals surface area contributed by atoms with E-state index in [9.17, 15) is 9.18 Å². The summed E-state index contributed by atoms with van der Waals surface area (Å²) in [4.78, 5) is 20.2. The van der Waals surface area contributed by atoms with Crippen LogP contribution in [0.5, 0.6) is 11.6 Å². The molecular formula is C17H11ClFN3O2. The molecule has 2 aromatic heterocycles. The number of hydrogen-bond donors (Lipinski definition) is 1. The first-order valence-electron chi connectivity index (χ1n) is 6.92. The third-order valence-corrected chi connectivity index (χ3v) is 3.17. The van der Waals surface area contributed by atoms with Crippen LogP contribution in [0, 0.1) is 5.82 Å². The van der Waals surface area contributed by atoms with Gasteiger partial charge in [-0.05, 0) is 30.3 Å². The predicted octanol–water partition coefficient (Wildman–Crippen LogP) is 4.31. The summed E-state index contributed by atoms with van der Waals surface area (Å²) in [5.41, 5.74) is 0.625. The van der Waals surface area contributed by atoms with Gasteiger partial charge in [0, 0.05) is 24.0 Å². The van der Waals surface area contributed by atoms with Gasteiger partial charge in [0.25, 0.3) is 5.91 Å². The van der Waals surface area contributed by atoms with E-state index >= 15 is 0 Å². The number of amides is 1. The molecular weight excluding hydrogens is 333 g/mol. The van der Waals surface area contributed by atoms with Gasteiger partial charge in [0.1, 0.15) is 17.3 Å². The minimum absolute atomic E-state index is 0.159. The molecule has 3 aromatic rings. The van der Waals surface area contributed by atoms with Gasteiger partial charge in [0.05, 0.1) is 11.2 Å². The van der Waals surface area contributed by atoms with Gasteiger partial charge in [-0.1, -0.05) is 17.7 Å². The topological polar surface area (TPSA) is 64.1 Å². The maximum absolute atomic E-state index is 12.9. The van der Waals surface area contributed by atoms with Crippen molar-refractivity contribution in [2.75, 3.05) is 5.32 Å². The molecule has 120 valence electrons. The number of carbonyl (C=O) groups is 1. The maximum Gasteiger partial charge on any atom is 0.274 e. The van der Waals surface area contributed by atoms with Crippen molar-refractivity contribution in [3.8, 4) is 11.6 Å². The second kappa shape index (κ2) is 7.06. The summed E-state index contributed by atoms with van der Waals surface area (Å²) < 4.78 is 18.4. The van der Waals surface area contributed by atoms with Crippen LogP contribution in [0.25, 0.3) is 0 Å². The van der Waals surface area contributed by atoms with Gasteiger partial charge in [-0.15, -0.1) is 0 Å². The second-order valence-electron chi connectivity index (χ2n) is 4.76. The van der Waals surface area contributed by atoms with E-state index in [2.05, 4.69) is 15.3 Å². The maximum atomic E-state index is 12.9. The number of anilines is 1. The van der Waals surface area contributed by atoms with Gasteiger partial charge >= 0.3 is 0 Å². The average molecular weight is 344 g/mol. The normalized spacial score (nSPS) is 10.2. The van der Waals surface area contributed by atoms with E-state index in [1.54, 1.807) is 24.3 Å². The fourth-order valence-electron chi connectivity index (χ4n) is 1.90. The van der Waals surface area contributed by atoms with Crippen LogP contribution in [0.1, 0.15) is 10.5 Å². The number of nitrogens with one attached hydrogen (secondary N) is 1. The lowest BCUT2D eigenvalue weighted by Crippen LogP contribution is -2.13. The third-order valence-electron chi connectivity index (χ3n) is 2.96. The molecule has 0 aliphatic carbocycles. The first-order chi connectivity index (χ1) is 11.6. The molecule has 0 aliphatic rings. The number of pyridine rings is 2. The Morgan fingerprint density at radius 1 is 1.12 bits per heavy atom. The number of hydrogen-bond acceptors (Lipinski definition) is 4. The number of aromatic nitrogens is 2. The number of nitrogens with zero attached hydrogens (tertiary/aromatic N) is 2. The molecule has 3 rings (SSSR count). The fourth-order valence-corrected chi connectivity index (χ4v) is 2.06. The van der Waals surface area contributed by atoms with E-state index in [-0.39, 0.29) is 17.4 Å². The number of carbonyl (C=O) groups excluding carboxylic acids is 1. The fraction of sp³-hybridized carbons (Fsp3) is 0. The van der Waals surface area contributed by atoms with Crippen LogP contribution in [0.2, 0.25) is 5.02 Å². The van der Waals surface area contributed by atoms with Crippen molar-refractivity contribution in [3.05, 3.63) is 77.5 Å². The van der Waals surface area contributed by atoms with Crippen LogP contribution in [-0.4, -0.2) is 15.9 Å². The molecule has 0 spiro atoms. The highest BCUT2D eigenvalue weighted by Crippen LogP contribution is 2.21. The van der Waals surface area contributed by atoms with Gasteiger partial charge in [0.2, 0.25) is 5.88 Å². The van der Waals surface area contributed by atoms with Crippen molar-refractivity contribution in [2.45, 2.75) is 0 Å². The lowest BCUT2D eigenvalue weighted by atomic mass is 10.3. The summed E-state index contributed by atoms with van der Waals surface area (Å²) in [6, 6.07) is 11.8. The van der Waals surface area contributed by atoms with Gasteiger partial charge < -0.3 is 10.1 Å². The van der Waals surface area contributed by atoms with Crippen molar-refractivity contribution < 1.29 is 13.9 Å². The summed E-state index contributed by atoms with van der Waals surface area (Å²) in [6.45, 7) is 0. The smallest absolute Gasteiger partial charge is 0.274 e. The van der Waals surface area contributed by atoms with Crippen LogP contribution >= 0.6 is 11.6 Å². The Hall–Kier alpha value is -2.99. The van der Waals surface area contributed by atoms with Crippen molar-refractivity contribution in [2.24, 2.45) is 0 Å². The number of benzene rings is 1. The molecule has 24 heavy (non-hydrogen) atoms. The lowest BCUT2D eigenvalue weighted by molar-refractivity contribution is 0.102. The summed E-state index contributed by atoms with van der Waals surface area (Å²) in [7, 11) is 0. The first kappa shape index (κ1) is 15.9. The molecule has 0 unspecified atom stereocenters. The Labute approximate surface area is 142 Å². The first-order valence-corrected chi connectivity index (χ1v) is 7.30. The van der Waals surface area contributed by atoms with Crippen molar-refractivity contribution in [1.82, 2.24) is 9.97 Å². The van der Waals surface area contributed by atoms with E-state index in [4.69, 9.17) is 16.3 Å². The van der Waals surface area contributed by atoms with Crippen molar-refractivity contribution in [3.63, 3.8) is 0 Å². The summed E-state index contributed by atoms with van der Waals surface area (Å²) >= 11 is 5.84. The number of halogens is 2. The summed E-state index contributed by atoms with van der Waals surface area (Å²) in [6.07, 6.45) is 2.97. The zero-order chi connectivity index (χ0) is 16.9. The highest BCUT2D eigenvalue weighted by molar-refractivity contribution is 6.30. The molecule has 0 saturated carbocycles. The molecule has 0 aliphatic heterocycles. The molecule has 0 saturated heterocycles. The number of ether oxygens (including phenoxy) is 1. The SMILES string of the molecule is O=C(Nc1ccc(F)cc1)c1cccc(Oc2cncc(Cl)c2)n1. The van der Waals surface area contributed by atoms with E-state index in [1.807, 2.05) is 0 Å². The molecule has 1 N–H and O–H groups in total. The van der Waals surface area contributed by atoms with E-state index < -0.39 is 5.91 Å². The summed E-state index contributed by atoms with van der Waals surface area (Å²) in [5, 5.41) is 3.06. The van der Waals surface area contributed by atoms with Crippen molar-refractivity contribution >= 4 is 23.2 Å². The molecule has 2 heterocycles. The Morgan fingerprint density at radius 3 is 2.67 bits per heavy atom. The molecule has 0 bridgehead atoms. The monoisotopic (exact) mass is 343 g/mol. The Bertz CT molecular complexity index is 872. The van der Waals surface area contributed by atoms with Crippen LogP contribution in [0.3, 0.4) is 0 Å². The second-order valence-corrected chi connectivity index (χ2v) is 5.20. The summed E-state index contributed by atoms with van der Waals surface area (Å²) in [5.74, 6) is -0.176. The minimum Gasteiger partial charge on any atom is -0.437 e. The highest BCUT2D eigenvalue weighted by atomic mass is 35.5. The van der Waals surface area contributed by atoms with Crippen LogP contribution in [0.4, 0.5) is 10.1 Å². The molecule has 5 nitrogen and oxygen atoms in total. The standard InChI is InChI=1S/C17H11ClFN3O2/c18-11-8-14(10-20-9-11)24-16-3-1-2-15(22-16)17(23)21-13-6-4-12(19)5-7-13/h1-10H,(H,21,23). The Kier molecular flexibility index (Phi) is 4.67. The van der Waals surface area contributed by atoms with Gasteiger partial charge in [-0.2, -0.15) is 0 Å². The molecule has 7 heteroatoms. The van der Waals surface area contributed by atoms with E-state index in [0.717, 1.165) is 0 Å². The van der Waals surface area contributed by atoms with Crippen LogP contribution in [0.15, 0.2) is 60.9 Å². The molecule has 0 fully saturated rings. The highest BCUT2D eigenvalue weighted by Gasteiger charge is 2.10. The Balaban J connectivity index is 1.74. The van der Waals surface area contributed by atoms with E-state index in [1.165, 1.54) is 36.7 Å². The van der Waals surface area contributed by atoms with Crippen molar-refractivity contribution in [1.29, 1.82) is 0 Å². The zero-order valence-electron chi connectivity index (χ0n) is 12.2. The Morgan fingerprint density at radius 2 is 1.92 bits per heavy atom. The van der Waals surface area contributed by atoms with Crippen LogP contribution in [-0.2, 0) is 0 Å². The minimum atomic E-state index is -0.434. The van der Waals surface area contributed by atoms with Gasteiger partial charge in [-0.3, -0.25) is 9.78 Å². The third kappa shape index (κ3) is 4.05. The molecule has 1 aromatic carbocycles. The average Bonchev–Trinajstić information content (AvgIpc) is 2.57. The molecule has 0 radical (unpaired) electrons. The van der Waals surface area contributed by atoms with Crippen LogP contribution < -0.4 is 10.1 Å². The van der Waals surface area contributed by atoms with Gasteiger partial charge in [-0.25, -0.2) is 9.37 Å². The quantitative estimate of drug-likeness (QED) is 0.766.